The van der Waals surface area contributed by atoms with Gasteiger partial charge in [-0.1, -0.05) is 30.3 Å². The van der Waals surface area contributed by atoms with Gasteiger partial charge in [-0.15, -0.1) is 0 Å². The Bertz CT molecular complexity index is 810. The molecule has 0 saturated heterocycles. The summed E-state index contributed by atoms with van der Waals surface area (Å²) >= 11 is 0. The van der Waals surface area contributed by atoms with Crippen LogP contribution in [0, 0.1) is 13.8 Å². The third-order valence-corrected chi connectivity index (χ3v) is 4.80. The fourth-order valence-corrected chi connectivity index (χ4v) is 3.00. The van der Waals surface area contributed by atoms with Crippen molar-refractivity contribution >= 4 is 17.5 Å². The minimum absolute atomic E-state index is 0.0569. The number of nitrogens with one attached hydrogen (secondary N) is 1. The van der Waals surface area contributed by atoms with E-state index in [2.05, 4.69) is 5.32 Å². The summed E-state index contributed by atoms with van der Waals surface area (Å²) in [6, 6.07) is 13.3. The number of amides is 2. The first kappa shape index (κ1) is 20.6. The summed E-state index contributed by atoms with van der Waals surface area (Å²) in [6.07, 6.45) is 0. The van der Waals surface area contributed by atoms with E-state index in [0.29, 0.717) is 12.1 Å². The van der Waals surface area contributed by atoms with Gasteiger partial charge >= 0.3 is 0 Å². The summed E-state index contributed by atoms with van der Waals surface area (Å²) in [6.45, 7) is 6.44. The molecule has 2 amide bonds. The summed E-state index contributed by atoms with van der Waals surface area (Å²) in [4.78, 5) is 28.4. The van der Waals surface area contributed by atoms with Gasteiger partial charge in [0.2, 0.25) is 5.91 Å². The molecule has 1 N–H and O–H groups in total. The zero-order chi connectivity index (χ0) is 20.1. The number of aryl methyl sites for hydroxylation is 2. The molecule has 0 unspecified atom stereocenters. The summed E-state index contributed by atoms with van der Waals surface area (Å²) in [5.74, 6) is -0.0734. The average molecular weight is 367 g/mol. The van der Waals surface area contributed by atoms with Crippen molar-refractivity contribution in [1.29, 1.82) is 0 Å². The number of nitrogens with zero attached hydrogens (tertiary/aromatic N) is 2. The zero-order valence-corrected chi connectivity index (χ0v) is 17.0. The maximum Gasteiger partial charge on any atom is 0.255 e. The predicted octanol–water partition coefficient (Wildman–Crippen LogP) is 3.46. The van der Waals surface area contributed by atoms with E-state index in [4.69, 9.17) is 0 Å². The normalized spacial score (nSPS) is 12.0. The molecule has 0 aliphatic heterocycles. The highest BCUT2D eigenvalue weighted by atomic mass is 16.2. The minimum Gasteiger partial charge on any atom is -0.347 e. The minimum atomic E-state index is -0.230. The quantitative estimate of drug-likeness (QED) is 0.851. The number of para-hydroxylation sites is 1. The number of rotatable bonds is 6. The topological polar surface area (TPSA) is 52.7 Å². The maximum absolute atomic E-state index is 12.7. The van der Waals surface area contributed by atoms with E-state index in [0.717, 1.165) is 22.4 Å². The van der Waals surface area contributed by atoms with Crippen LogP contribution in [0.2, 0.25) is 0 Å². The van der Waals surface area contributed by atoms with E-state index in [1.54, 1.807) is 25.1 Å². The Morgan fingerprint density at radius 1 is 1.00 bits per heavy atom. The van der Waals surface area contributed by atoms with Crippen LogP contribution in [-0.4, -0.2) is 48.8 Å². The van der Waals surface area contributed by atoms with Crippen LogP contribution in [0.25, 0.3) is 0 Å². The van der Waals surface area contributed by atoms with Gasteiger partial charge in [0.1, 0.15) is 0 Å². The monoisotopic (exact) mass is 367 g/mol. The van der Waals surface area contributed by atoms with Gasteiger partial charge in [0.25, 0.3) is 5.91 Å². The molecule has 0 spiro atoms. The molecule has 0 aromatic heterocycles. The van der Waals surface area contributed by atoms with Gasteiger partial charge in [0.15, 0.2) is 0 Å². The van der Waals surface area contributed by atoms with E-state index >= 15 is 0 Å². The van der Waals surface area contributed by atoms with Gasteiger partial charge in [-0.05, 0) is 56.6 Å². The first-order valence-electron chi connectivity index (χ1n) is 9.08. The Kier molecular flexibility index (Phi) is 6.75. The molecule has 0 radical (unpaired) electrons. The smallest absolute Gasteiger partial charge is 0.255 e. The summed E-state index contributed by atoms with van der Waals surface area (Å²) in [7, 11) is 5.42. The lowest BCUT2D eigenvalue weighted by molar-refractivity contribution is -0.133. The summed E-state index contributed by atoms with van der Waals surface area (Å²) in [5, 5.41) is 3.02. The van der Waals surface area contributed by atoms with Crippen molar-refractivity contribution in [2.75, 3.05) is 26.5 Å². The fourth-order valence-electron chi connectivity index (χ4n) is 3.00. The standard InChI is InChI=1S/C22H29N3O2/c1-15-9-7-10-16(2)20(15)23-21(26)19-12-8-11-18(13-19)14-25(6)17(3)22(27)24(4)5/h7-13,17H,14H2,1-6H3,(H,23,26)/t17-/m0/s1. The number of carbonyl (C=O) groups is 2. The average Bonchev–Trinajstić information content (AvgIpc) is 2.63. The van der Waals surface area contributed by atoms with Crippen molar-refractivity contribution in [3.05, 3.63) is 64.7 Å². The third kappa shape index (κ3) is 5.17. The van der Waals surface area contributed by atoms with Crippen LogP contribution >= 0.6 is 0 Å². The van der Waals surface area contributed by atoms with Crippen LogP contribution in [0.1, 0.15) is 34.0 Å². The molecule has 5 heteroatoms. The summed E-state index contributed by atoms with van der Waals surface area (Å²) in [5.41, 5.74) is 4.53. The molecule has 2 rings (SSSR count). The van der Waals surface area contributed by atoms with Crippen LogP contribution in [0.3, 0.4) is 0 Å². The number of benzene rings is 2. The van der Waals surface area contributed by atoms with E-state index in [1.807, 2.05) is 69.1 Å². The second-order valence-corrected chi connectivity index (χ2v) is 7.25. The van der Waals surface area contributed by atoms with Gasteiger partial charge in [-0.2, -0.15) is 0 Å². The Labute approximate surface area is 162 Å². The van der Waals surface area contributed by atoms with Gasteiger partial charge in [-0.25, -0.2) is 0 Å². The molecule has 0 saturated carbocycles. The van der Waals surface area contributed by atoms with E-state index < -0.39 is 0 Å². The number of carbonyl (C=O) groups excluding carboxylic acids is 2. The van der Waals surface area contributed by atoms with Crippen LogP contribution in [-0.2, 0) is 11.3 Å². The fraction of sp³-hybridized carbons (Fsp3) is 0.364. The molecule has 0 heterocycles. The largest absolute Gasteiger partial charge is 0.347 e. The van der Waals surface area contributed by atoms with Crippen LogP contribution in [0.4, 0.5) is 5.69 Å². The van der Waals surface area contributed by atoms with Crippen molar-refractivity contribution in [2.24, 2.45) is 0 Å². The Morgan fingerprint density at radius 3 is 2.19 bits per heavy atom. The van der Waals surface area contributed by atoms with E-state index in [1.165, 1.54) is 0 Å². The molecule has 0 aliphatic carbocycles. The number of hydrogen-bond donors (Lipinski definition) is 1. The Morgan fingerprint density at radius 2 is 1.59 bits per heavy atom. The van der Waals surface area contributed by atoms with Crippen molar-refractivity contribution in [1.82, 2.24) is 9.80 Å². The molecular weight excluding hydrogens is 338 g/mol. The number of hydrogen-bond acceptors (Lipinski definition) is 3. The second-order valence-electron chi connectivity index (χ2n) is 7.25. The molecule has 144 valence electrons. The third-order valence-electron chi connectivity index (χ3n) is 4.80. The molecule has 5 nitrogen and oxygen atoms in total. The lowest BCUT2D eigenvalue weighted by Crippen LogP contribution is -2.42. The highest BCUT2D eigenvalue weighted by molar-refractivity contribution is 6.05. The second kappa shape index (κ2) is 8.82. The number of anilines is 1. The Balaban J connectivity index is 2.13. The molecule has 1 atom stereocenters. The maximum atomic E-state index is 12.7. The van der Waals surface area contributed by atoms with Crippen molar-refractivity contribution in [2.45, 2.75) is 33.4 Å². The lowest BCUT2D eigenvalue weighted by Gasteiger charge is -2.26. The Hall–Kier alpha value is -2.66. The molecule has 2 aromatic carbocycles. The van der Waals surface area contributed by atoms with Crippen molar-refractivity contribution in [3.63, 3.8) is 0 Å². The van der Waals surface area contributed by atoms with E-state index in [-0.39, 0.29) is 17.9 Å². The predicted molar refractivity (Wildman–Crippen MR) is 110 cm³/mol. The molecule has 2 aromatic rings. The summed E-state index contributed by atoms with van der Waals surface area (Å²) < 4.78 is 0. The van der Waals surface area contributed by atoms with E-state index in [9.17, 15) is 9.59 Å². The van der Waals surface area contributed by atoms with Gasteiger partial charge < -0.3 is 10.2 Å². The molecule has 27 heavy (non-hydrogen) atoms. The van der Waals surface area contributed by atoms with Gasteiger partial charge in [0, 0.05) is 31.9 Å². The van der Waals surface area contributed by atoms with Crippen LogP contribution in [0.15, 0.2) is 42.5 Å². The van der Waals surface area contributed by atoms with Crippen LogP contribution in [0.5, 0.6) is 0 Å². The first-order chi connectivity index (χ1) is 12.7. The highest BCUT2D eigenvalue weighted by Crippen LogP contribution is 2.20. The molecule has 0 aliphatic rings. The lowest BCUT2D eigenvalue weighted by atomic mass is 10.1. The first-order valence-corrected chi connectivity index (χ1v) is 9.08. The zero-order valence-electron chi connectivity index (χ0n) is 17.0. The van der Waals surface area contributed by atoms with Crippen molar-refractivity contribution < 1.29 is 9.59 Å². The SMILES string of the molecule is Cc1cccc(C)c1NC(=O)c1cccc(CN(C)[C@@H](C)C(=O)N(C)C)c1. The van der Waals surface area contributed by atoms with Gasteiger partial charge in [0.05, 0.1) is 6.04 Å². The molecule has 0 bridgehead atoms. The number of likely N-dealkylation sites (N-methyl/N-ethyl adjacent to an activating group) is 2. The van der Waals surface area contributed by atoms with Gasteiger partial charge in [-0.3, -0.25) is 14.5 Å². The highest BCUT2D eigenvalue weighted by Gasteiger charge is 2.20. The molecule has 0 fully saturated rings. The molecular formula is C22H29N3O2. The van der Waals surface area contributed by atoms with Crippen LogP contribution < -0.4 is 5.32 Å². The van der Waals surface area contributed by atoms with Crippen molar-refractivity contribution in [3.8, 4) is 0 Å².